The molecule has 0 saturated carbocycles. The van der Waals surface area contributed by atoms with Gasteiger partial charge >= 0.3 is 6.09 Å². The molecule has 2 N–H and O–H groups in total. The van der Waals surface area contributed by atoms with Crippen molar-refractivity contribution in [3.05, 3.63) is 0 Å². The van der Waals surface area contributed by atoms with E-state index in [9.17, 15) is 4.79 Å². The van der Waals surface area contributed by atoms with E-state index in [1.807, 2.05) is 0 Å². The van der Waals surface area contributed by atoms with Gasteiger partial charge in [0.05, 0.1) is 0 Å². The summed E-state index contributed by atoms with van der Waals surface area (Å²) in [5, 5.41) is 6.05. The zero-order chi connectivity index (χ0) is 8.44. The van der Waals surface area contributed by atoms with E-state index in [2.05, 4.69) is 10.6 Å². The van der Waals surface area contributed by atoms with E-state index in [0.717, 1.165) is 32.5 Å². The number of hydrogen-bond donors (Lipinski definition) is 2. The van der Waals surface area contributed by atoms with Crippen LogP contribution in [0.3, 0.4) is 0 Å². The van der Waals surface area contributed by atoms with Gasteiger partial charge in [-0.15, -0.1) is 12.4 Å². The number of hydrogen-bond acceptors (Lipinski definition) is 3. The molecule has 5 heteroatoms. The molecule has 0 radical (unpaired) electrons. The van der Waals surface area contributed by atoms with E-state index >= 15 is 0 Å². The van der Waals surface area contributed by atoms with Crippen LogP contribution in [0.1, 0.15) is 12.8 Å². The Hall–Kier alpha value is -0.480. The van der Waals surface area contributed by atoms with Crippen molar-refractivity contribution in [1.29, 1.82) is 0 Å². The van der Waals surface area contributed by atoms with Crippen LogP contribution in [0.4, 0.5) is 4.79 Å². The first-order valence-corrected chi connectivity index (χ1v) is 4.42. The topological polar surface area (TPSA) is 50.4 Å². The minimum absolute atomic E-state index is 0. The van der Waals surface area contributed by atoms with Crippen molar-refractivity contribution in [3.63, 3.8) is 0 Å². The number of cyclic esters (lactones) is 1. The van der Waals surface area contributed by atoms with Gasteiger partial charge in [0.25, 0.3) is 0 Å². The Morgan fingerprint density at radius 2 is 2.00 bits per heavy atom. The van der Waals surface area contributed by atoms with E-state index in [0.29, 0.717) is 6.61 Å². The summed E-state index contributed by atoms with van der Waals surface area (Å²) in [6.07, 6.45) is 1.94. The zero-order valence-electron chi connectivity index (χ0n) is 7.47. The van der Waals surface area contributed by atoms with Gasteiger partial charge in [-0.05, 0) is 25.9 Å². The number of carbonyl (C=O) groups is 1. The third kappa shape index (κ3) is 2.25. The van der Waals surface area contributed by atoms with Gasteiger partial charge < -0.3 is 15.4 Å². The summed E-state index contributed by atoms with van der Waals surface area (Å²) < 4.78 is 4.99. The third-order valence-electron chi connectivity index (χ3n) is 2.78. The SMILES string of the molecule is Cl.O=C1NCC2(CCNCC2)CO1. The number of piperidine rings is 1. The molecule has 2 heterocycles. The van der Waals surface area contributed by atoms with Crippen LogP contribution in [0.25, 0.3) is 0 Å². The molecule has 0 bridgehead atoms. The van der Waals surface area contributed by atoms with Gasteiger partial charge in [0.2, 0.25) is 0 Å². The second-order valence-corrected chi connectivity index (χ2v) is 3.68. The molecule has 2 rings (SSSR count). The number of amides is 1. The van der Waals surface area contributed by atoms with Gasteiger partial charge in [0.15, 0.2) is 0 Å². The van der Waals surface area contributed by atoms with Crippen molar-refractivity contribution in [1.82, 2.24) is 10.6 Å². The summed E-state index contributed by atoms with van der Waals surface area (Å²) in [5.41, 5.74) is 0.221. The van der Waals surface area contributed by atoms with Crippen LogP contribution in [0.5, 0.6) is 0 Å². The smallest absolute Gasteiger partial charge is 0.407 e. The fourth-order valence-electron chi connectivity index (χ4n) is 1.86. The van der Waals surface area contributed by atoms with Crippen LogP contribution >= 0.6 is 12.4 Å². The molecule has 2 saturated heterocycles. The first-order valence-electron chi connectivity index (χ1n) is 4.42. The molecule has 2 fully saturated rings. The molecule has 0 aliphatic carbocycles. The van der Waals surface area contributed by atoms with Crippen LogP contribution in [0.2, 0.25) is 0 Å². The standard InChI is InChI=1S/C8H14N2O2.ClH/c11-7-10-5-8(6-12-7)1-3-9-4-2-8;/h9H,1-6H2,(H,10,11);1H. The van der Waals surface area contributed by atoms with Crippen LogP contribution < -0.4 is 10.6 Å². The molecule has 0 aromatic heterocycles. The number of rotatable bonds is 0. The molecule has 2 aliphatic heterocycles. The highest BCUT2D eigenvalue weighted by Gasteiger charge is 2.36. The quantitative estimate of drug-likeness (QED) is 0.608. The van der Waals surface area contributed by atoms with Gasteiger partial charge in [-0.25, -0.2) is 4.79 Å². The van der Waals surface area contributed by atoms with Gasteiger partial charge in [0.1, 0.15) is 6.61 Å². The minimum atomic E-state index is -0.265. The fraction of sp³-hybridized carbons (Fsp3) is 0.875. The van der Waals surface area contributed by atoms with Gasteiger partial charge in [-0.1, -0.05) is 0 Å². The summed E-state index contributed by atoms with van der Waals surface area (Å²) in [5.74, 6) is 0. The molecule has 0 aromatic rings. The van der Waals surface area contributed by atoms with Crippen LogP contribution in [-0.2, 0) is 4.74 Å². The van der Waals surface area contributed by atoms with Crippen LogP contribution in [-0.4, -0.2) is 32.3 Å². The zero-order valence-corrected chi connectivity index (χ0v) is 8.28. The summed E-state index contributed by atoms with van der Waals surface area (Å²) in [6, 6.07) is 0. The highest BCUT2D eigenvalue weighted by molar-refractivity contribution is 5.85. The normalized spacial score (nSPS) is 25.7. The van der Waals surface area contributed by atoms with Crippen LogP contribution in [0.15, 0.2) is 0 Å². The molecule has 2 aliphatic rings. The summed E-state index contributed by atoms with van der Waals surface area (Å²) in [4.78, 5) is 10.7. The van der Waals surface area contributed by atoms with E-state index in [4.69, 9.17) is 4.74 Å². The van der Waals surface area contributed by atoms with E-state index in [-0.39, 0.29) is 23.9 Å². The predicted octanol–water partition coefficient (Wildman–Crippen LogP) is 0.518. The maximum Gasteiger partial charge on any atom is 0.407 e. The average molecular weight is 207 g/mol. The van der Waals surface area contributed by atoms with E-state index in [1.165, 1.54) is 0 Å². The van der Waals surface area contributed by atoms with Crippen molar-refractivity contribution in [3.8, 4) is 0 Å². The fourth-order valence-corrected chi connectivity index (χ4v) is 1.86. The van der Waals surface area contributed by atoms with Crippen LogP contribution in [0, 0.1) is 5.41 Å². The maximum atomic E-state index is 10.7. The summed E-state index contributed by atoms with van der Waals surface area (Å²) in [7, 11) is 0. The number of alkyl carbamates (subject to hydrolysis) is 1. The van der Waals surface area contributed by atoms with Crippen molar-refractivity contribution in [2.45, 2.75) is 12.8 Å². The molecule has 0 unspecified atom stereocenters. The lowest BCUT2D eigenvalue weighted by atomic mass is 9.79. The molecular weight excluding hydrogens is 192 g/mol. The molecule has 1 amide bonds. The number of nitrogens with one attached hydrogen (secondary N) is 2. The highest BCUT2D eigenvalue weighted by atomic mass is 35.5. The molecule has 1 spiro atoms. The lowest BCUT2D eigenvalue weighted by Gasteiger charge is -2.39. The van der Waals surface area contributed by atoms with E-state index in [1.54, 1.807) is 0 Å². The van der Waals surface area contributed by atoms with E-state index < -0.39 is 0 Å². The minimum Gasteiger partial charge on any atom is -0.449 e. The predicted molar refractivity (Wildman–Crippen MR) is 51.1 cm³/mol. The Balaban J connectivity index is 0.000000845. The Bertz CT molecular complexity index is 181. The Morgan fingerprint density at radius 3 is 2.54 bits per heavy atom. The second kappa shape index (κ2) is 4.15. The largest absolute Gasteiger partial charge is 0.449 e. The second-order valence-electron chi connectivity index (χ2n) is 3.68. The molecule has 76 valence electrons. The molecule has 0 aromatic carbocycles. The summed E-state index contributed by atoms with van der Waals surface area (Å²) in [6.45, 7) is 3.46. The Morgan fingerprint density at radius 1 is 1.31 bits per heavy atom. The van der Waals surface area contributed by atoms with Gasteiger partial charge in [0, 0.05) is 12.0 Å². The number of carbonyl (C=O) groups excluding carboxylic acids is 1. The molecule has 4 nitrogen and oxygen atoms in total. The number of ether oxygens (including phenoxy) is 1. The lowest BCUT2D eigenvalue weighted by Crippen LogP contribution is -2.51. The first-order chi connectivity index (χ1) is 5.81. The number of halogens is 1. The summed E-state index contributed by atoms with van der Waals surface area (Å²) >= 11 is 0. The average Bonchev–Trinajstić information content (AvgIpc) is 2.13. The lowest BCUT2D eigenvalue weighted by molar-refractivity contribution is 0.0314. The highest BCUT2D eigenvalue weighted by Crippen LogP contribution is 2.30. The molecular formula is C8H15ClN2O2. The maximum absolute atomic E-state index is 10.7. The molecule has 13 heavy (non-hydrogen) atoms. The van der Waals surface area contributed by atoms with Crippen molar-refractivity contribution < 1.29 is 9.53 Å². The third-order valence-corrected chi connectivity index (χ3v) is 2.78. The van der Waals surface area contributed by atoms with Gasteiger partial charge in [-0.2, -0.15) is 0 Å². The van der Waals surface area contributed by atoms with Crippen molar-refractivity contribution in [2.24, 2.45) is 5.41 Å². The Kier molecular flexibility index (Phi) is 3.39. The van der Waals surface area contributed by atoms with Crippen molar-refractivity contribution >= 4 is 18.5 Å². The Labute approximate surface area is 83.8 Å². The first kappa shape index (κ1) is 10.6. The molecule has 0 atom stereocenters. The van der Waals surface area contributed by atoms with Crippen molar-refractivity contribution in [2.75, 3.05) is 26.2 Å². The monoisotopic (exact) mass is 206 g/mol. The van der Waals surface area contributed by atoms with Gasteiger partial charge in [-0.3, -0.25) is 0 Å².